The molecule has 0 aromatic heterocycles. The van der Waals surface area contributed by atoms with Gasteiger partial charge in [-0.3, -0.25) is 4.79 Å². The zero-order chi connectivity index (χ0) is 14.5. The summed E-state index contributed by atoms with van der Waals surface area (Å²) >= 11 is 7.90. The lowest BCUT2D eigenvalue weighted by Gasteiger charge is -2.19. The molecule has 3 nitrogen and oxygen atoms in total. The van der Waals surface area contributed by atoms with E-state index in [-0.39, 0.29) is 23.1 Å². The Hall–Kier alpha value is -1.00. The minimum Gasteiger partial charge on any atom is -0.466 e. The number of hydrogen-bond acceptors (Lipinski definition) is 4. The van der Waals surface area contributed by atoms with E-state index in [0.717, 1.165) is 17.6 Å². The van der Waals surface area contributed by atoms with Gasteiger partial charge >= 0.3 is 5.97 Å². The molecule has 20 heavy (non-hydrogen) atoms. The number of carbonyl (C=O) groups excluding carboxylic acids is 2. The van der Waals surface area contributed by atoms with Crippen molar-refractivity contribution in [3.8, 4) is 0 Å². The van der Waals surface area contributed by atoms with Crippen LogP contribution in [0, 0.1) is 11.8 Å². The van der Waals surface area contributed by atoms with Crippen LogP contribution >= 0.6 is 23.4 Å². The molecule has 0 radical (unpaired) electrons. The molecule has 1 aliphatic rings. The Morgan fingerprint density at radius 3 is 2.90 bits per heavy atom. The molecule has 0 bridgehead atoms. The number of benzene rings is 1. The molecular weight excluding hydrogens is 296 g/mol. The molecule has 1 aromatic rings. The second kappa shape index (κ2) is 7.14. The molecule has 0 aliphatic carbocycles. The summed E-state index contributed by atoms with van der Waals surface area (Å²) in [5.41, 5.74) is 0.975. The van der Waals surface area contributed by atoms with Crippen molar-refractivity contribution in [1.29, 1.82) is 0 Å². The van der Waals surface area contributed by atoms with Crippen LogP contribution in [0.4, 0.5) is 0 Å². The van der Waals surface area contributed by atoms with Gasteiger partial charge in [-0.25, -0.2) is 0 Å². The summed E-state index contributed by atoms with van der Waals surface area (Å²) in [6, 6.07) is 7.57. The van der Waals surface area contributed by atoms with E-state index >= 15 is 0 Å². The van der Waals surface area contributed by atoms with E-state index in [1.165, 1.54) is 0 Å². The van der Waals surface area contributed by atoms with Gasteiger partial charge in [0.2, 0.25) is 0 Å². The van der Waals surface area contributed by atoms with Gasteiger partial charge in [-0.15, -0.1) is 0 Å². The molecule has 0 N–H and O–H groups in total. The second-order valence-electron chi connectivity index (χ2n) is 4.76. The summed E-state index contributed by atoms with van der Waals surface area (Å²) < 4.78 is 4.97. The highest BCUT2D eigenvalue weighted by atomic mass is 35.5. The first kappa shape index (κ1) is 15.4. The molecule has 1 fully saturated rings. The number of carbonyl (C=O) groups is 2. The molecule has 1 aliphatic heterocycles. The SMILES string of the molecule is CCOC(=O)C[C@@H]1CS[C@H](c2ccccc2Cl)[C@H]1C=O. The van der Waals surface area contributed by atoms with Crippen molar-refractivity contribution in [2.75, 3.05) is 12.4 Å². The maximum absolute atomic E-state index is 11.6. The summed E-state index contributed by atoms with van der Waals surface area (Å²) in [7, 11) is 0. The standard InChI is InChI=1S/C15H17ClO3S/c1-2-19-14(18)7-10-9-20-15(12(10)8-17)11-5-3-4-6-13(11)16/h3-6,8,10,12,15H,2,7,9H2,1H3/t10-,12+,15-/m1/s1. The zero-order valence-electron chi connectivity index (χ0n) is 11.3. The van der Waals surface area contributed by atoms with Crippen LogP contribution in [0.3, 0.4) is 0 Å². The van der Waals surface area contributed by atoms with Crippen LogP contribution in [0.2, 0.25) is 5.02 Å². The van der Waals surface area contributed by atoms with Crippen LogP contribution in [-0.2, 0) is 14.3 Å². The Balaban J connectivity index is 2.12. The quantitative estimate of drug-likeness (QED) is 0.616. The predicted octanol–water partition coefficient (Wildman–Crippen LogP) is 3.51. The molecule has 5 heteroatoms. The Morgan fingerprint density at radius 2 is 2.25 bits per heavy atom. The normalized spacial score (nSPS) is 25.4. The van der Waals surface area contributed by atoms with Crippen LogP contribution in [0.5, 0.6) is 0 Å². The van der Waals surface area contributed by atoms with Gasteiger partial charge in [0.1, 0.15) is 6.29 Å². The maximum Gasteiger partial charge on any atom is 0.306 e. The summed E-state index contributed by atoms with van der Waals surface area (Å²) in [6.45, 7) is 2.16. The van der Waals surface area contributed by atoms with Crippen molar-refractivity contribution in [3.63, 3.8) is 0 Å². The summed E-state index contributed by atoms with van der Waals surface area (Å²) in [6.07, 6.45) is 1.25. The number of esters is 1. The number of aldehydes is 1. The molecular formula is C15H17ClO3S. The highest BCUT2D eigenvalue weighted by Crippen LogP contribution is 2.49. The number of thioether (sulfide) groups is 1. The lowest BCUT2D eigenvalue weighted by molar-refractivity contribution is -0.144. The first-order valence-corrected chi connectivity index (χ1v) is 8.07. The van der Waals surface area contributed by atoms with E-state index in [2.05, 4.69) is 0 Å². The third-order valence-corrected chi connectivity index (χ3v) is 5.38. The summed E-state index contributed by atoms with van der Waals surface area (Å²) in [5, 5.41) is 0.703. The minimum atomic E-state index is -0.232. The molecule has 3 atom stereocenters. The van der Waals surface area contributed by atoms with Crippen molar-refractivity contribution >= 4 is 35.6 Å². The largest absolute Gasteiger partial charge is 0.466 e. The molecule has 0 spiro atoms. The second-order valence-corrected chi connectivity index (χ2v) is 6.34. The van der Waals surface area contributed by atoms with Gasteiger partial charge in [0, 0.05) is 22.6 Å². The number of halogens is 1. The lowest BCUT2D eigenvalue weighted by Crippen LogP contribution is -2.20. The summed E-state index contributed by atoms with van der Waals surface area (Å²) in [5.74, 6) is 0.380. The van der Waals surface area contributed by atoms with Crippen molar-refractivity contribution in [3.05, 3.63) is 34.9 Å². The Morgan fingerprint density at radius 1 is 1.50 bits per heavy atom. The Kier molecular flexibility index (Phi) is 5.49. The number of ether oxygens (including phenoxy) is 1. The molecule has 1 saturated heterocycles. The zero-order valence-corrected chi connectivity index (χ0v) is 12.8. The average Bonchev–Trinajstić information content (AvgIpc) is 2.82. The van der Waals surface area contributed by atoms with Crippen LogP contribution in [0.15, 0.2) is 24.3 Å². The van der Waals surface area contributed by atoms with Crippen LogP contribution < -0.4 is 0 Å². The molecule has 0 amide bonds. The van der Waals surface area contributed by atoms with Crippen molar-refractivity contribution in [2.24, 2.45) is 11.8 Å². The van der Waals surface area contributed by atoms with Gasteiger partial charge in [-0.1, -0.05) is 29.8 Å². The molecule has 1 heterocycles. The number of rotatable bonds is 5. The molecule has 0 unspecified atom stereocenters. The Bertz CT molecular complexity index is 492. The van der Waals surface area contributed by atoms with Crippen molar-refractivity contribution in [2.45, 2.75) is 18.6 Å². The highest BCUT2D eigenvalue weighted by molar-refractivity contribution is 7.99. The van der Waals surface area contributed by atoms with E-state index in [1.807, 2.05) is 24.3 Å². The number of hydrogen-bond donors (Lipinski definition) is 0. The van der Waals surface area contributed by atoms with Gasteiger partial charge in [0.15, 0.2) is 0 Å². The average molecular weight is 313 g/mol. The third kappa shape index (κ3) is 3.36. The summed E-state index contributed by atoms with van der Waals surface area (Å²) in [4.78, 5) is 23.0. The monoisotopic (exact) mass is 312 g/mol. The topological polar surface area (TPSA) is 43.4 Å². The third-order valence-electron chi connectivity index (χ3n) is 3.49. The van der Waals surface area contributed by atoms with Crippen LogP contribution in [-0.4, -0.2) is 24.6 Å². The molecule has 1 aromatic carbocycles. The van der Waals surface area contributed by atoms with E-state index in [1.54, 1.807) is 18.7 Å². The molecule has 108 valence electrons. The Labute approximate surface area is 128 Å². The first-order chi connectivity index (χ1) is 9.67. The highest BCUT2D eigenvalue weighted by Gasteiger charge is 2.39. The maximum atomic E-state index is 11.6. The van der Waals surface area contributed by atoms with E-state index in [9.17, 15) is 9.59 Å². The van der Waals surface area contributed by atoms with Gasteiger partial charge in [-0.2, -0.15) is 11.8 Å². The van der Waals surface area contributed by atoms with Crippen LogP contribution in [0.25, 0.3) is 0 Å². The van der Waals surface area contributed by atoms with Gasteiger partial charge in [-0.05, 0) is 30.2 Å². The van der Waals surface area contributed by atoms with Crippen LogP contribution in [0.1, 0.15) is 24.2 Å². The fourth-order valence-corrected chi connectivity index (χ4v) is 4.52. The van der Waals surface area contributed by atoms with E-state index in [4.69, 9.17) is 16.3 Å². The van der Waals surface area contributed by atoms with Crippen molar-refractivity contribution < 1.29 is 14.3 Å². The predicted molar refractivity (Wildman–Crippen MR) is 80.9 cm³/mol. The van der Waals surface area contributed by atoms with Gasteiger partial charge in [0.25, 0.3) is 0 Å². The van der Waals surface area contributed by atoms with E-state index < -0.39 is 0 Å². The molecule has 0 saturated carbocycles. The first-order valence-electron chi connectivity index (χ1n) is 6.64. The minimum absolute atomic E-state index is 0.0258. The van der Waals surface area contributed by atoms with Crippen molar-refractivity contribution in [1.82, 2.24) is 0 Å². The lowest BCUT2D eigenvalue weighted by atomic mass is 9.87. The van der Waals surface area contributed by atoms with E-state index in [0.29, 0.717) is 18.1 Å². The van der Waals surface area contributed by atoms with Gasteiger partial charge in [0.05, 0.1) is 6.61 Å². The van der Waals surface area contributed by atoms with Gasteiger partial charge < -0.3 is 9.53 Å². The molecule has 2 rings (SSSR count). The fraction of sp³-hybridized carbons (Fsp3) is 0.467. The fourth-order valence-electron chi connectivity index (χ4n) is 2.51. The smallest absolute Gasteiger partial charge is 0.306 e.